The van der Waals surface area contributed by atoms with Gasteiger partial charge in [-0.1, -0.05) is 24.3 Å². The lowest BCUT2D eigenvalue weighted by molar-refractivity contribution is -0.384. The number of nitrogens with zero attached hydrogens (tertiary/aromatic N) is 1. The molecule has 1 aliphatic carbocycles. The molecule has 0 bridgehead atoms. The smallest absolute Gasteiger partial charge is 0.347 e. The summed E-state index contributed by atoms with van der Waals surface area (Å²) in [5.74, 6) is -1.69. The molecular formula is C26H19NO7. The number of rotatable bonds is 4. The second kappa shape index (κ2) is 8.22. The molecule has 0 saturated carbocycles. The second-order valence-corrected chi connectivity index (χ2v) is 8.33. The third-order valence-electron chi connectivity index (χ3n) is 6.24. The summed E-state index contributed by atoms with van der Waals surface area (Å²) in [5, 5.41) is 12.5. The van der Waals surface area contributed by atoms with Crippen LogP contribution in [-0.4, -0.2) is 28.6 Å². The van der Waals surface area contributed by atoms with E-state index in [0.29, 0.717) is 16.7 Å². The van der Waals surface area contributed by atoms with Crippen LogP contribution in [0.4, 0.5) is 5.69 Å². The Morgan fingerprint density at radius 1 is 1.06 bits per heavy atom. The summed E-state index contributed by atoms with van der Waals surface area (Å²) in [6, 6.07) is 16.6. The molecule has 1 aliphatic heterocycles. The van der Waals surface area contributed by atoms with E-state index in [9.17, 15) is 24.5 Å². The minimum Gasteiger partial charge on any atom is -0.483 e. The van der Waals surface area contributed by atoms with Crippen molar-refractivity contribution in [3.8, 4) is 0 Å². The molecule has 8 heteroatoms. The molecule has 170 valence electrons. The lowest BCUT2D eigenvalue weighted by Gasteiger charge is -2.34. The van der Waals surface area contributed by atoms with Crippen molar-refractivity contribution in [2.24, 2.45) is 5.92 Å². The van der Waals surface area contributed by atoms with Crippen molar-refractivity contribution in [3.63, 3.8) is 0 Å². The van der Waals surface area contributed by atoms with Crippen LogP contribution in [0.1, 0.15) is 39.6 Å². The Morgan fingerprint density at radius 3 is 2.35 bits per heavy atom. The first-order valence-corrected chi connectivity index (χ1v) is 10.7. The Balaban J connectivity index is 1.37. The molecule has 0 amide bonds. The van der Waals surface area contributed by atoms with Crippen LogP contribution in [0.15, 0.2) is 72.0 Å². The maximum absolute atomic E-state index is 13.4. The number of Topliss-reactive ketones (excluding diaryl/α,β-unsaturated/α-hetero) is 2. The average molecular weight is 457 g/mol. The van der Waals surface area contributed by atoms with Crippen molar-refractivity contribution in [2.45, 2.75) is 26.1 Å². The second-order valence-electron chi connectivity index (χ2n) is 8.33. The summed E-state index contributed by atoms with van der Waals surface area (Å²) in [5.41, 5.74) is 1.49. The maximum Gasteiger partial charge on any atom is 0.347 e. The largest absolute Gasteiger partial charge is 0.483 e. The maximum atomic E-state index is 13.4. The number of fused-ring (bicyclic) bond motifs is 3. The van der Waals surface area contributed by atoms with Crippen LogP contribution in [0.3, 0.4) is 0 Å². The number of ether oxygens (including phenoxy) is 2. The van der Waals surface area contributed by atoms with E-state index in [1.807, 2.05) is 24.3 Å². The van der Waals surface area contributed by atoms with Gasteiger partial charge in [0.25, 0.3) is 5.69 Å². The highest BCUT2D eigenvalue weighted by Gasteiger charge is 2.45. The van der Waals surface area contributed by atoms with E-state index in [1.165, 1.54) is 24.3 Å². The number of ketones is 2. The highest BCUT2D eigenvalue weighted by atomic mass is 16.6. The molecule has 3 aromatic carbocycles. The molecule has 0 aromatic heterocycles. The number of allylic oxidation sites excluding steroid dienone is 2. The van der Waals surface area contributed by atoms with E-state index in [4.69, 9.17) is 9.47 Å². The molecule has 0 N–H and O–H groups in total. The monoisotopic (exact) mass is 457 g/mol. The van der Waals surface area contributed by atoms with E-state index >= 15 is 0 Å². The molecule has 5 rings (SSSR count). The third kappa shape index (κ3) is 3.63. The predicted molar refractivity (Wildman–Crippen MR) is 121 cm³/mol. The normalized spacial score (nSPS) is 19.3. The van der Waals surface area contributed by atoms with Gasteiger partial charge in [-0.2, -0.15) is 0 Å². The molecule has 0 fully saturated rings. The summed E-state index contributed by atoms with van der Waals surface area (Å²) in [6.45, 7) is 1.48. The number of benzene rings is 3. The zero-order chi connectivity index (χ0) is 24.0. The van der Waals surface area contributed by atoms with Gasteiger partial charge in [0.15, 0.2) is 17.7 Å². The lowest BCUT2D eigenvalue weighted by Crippen LogP contribution is -2.40. The van der Waals surface area contributed by atoms with E-state index < -0.39 is 22.9 Å². The summed E-state index contributed by atoms with van der Waals surface area (Å²) >= 11 is 0. The molecule has 0 unspecified atom stereocenters. The first-order valence-electron chi connectivity index (χ1n) is 10.7. The van der Waals surface area contributed by atoms with Gasteiger partial charge in [-0.05, 0) is 47.5 Å². The standard InChI is InChI=1S/C26H19NO7/c1-14-23-21(24(28)19-10-16-4-2-3-5-17(16)11-20(19)25(23)29)12-22(34-14)26(30)33-13-15-6-8-18(9-7-15)27(31)32/h2-11,21-22H,12-13H2,1H3/t21-,22-/m1/s1. The first-order chi connectivity index (χ1) is 16.3. The van der Waals surface area contributed by atoms with Gasteiger partial charge < -0.3 is 9.47 Å². The number of carbonyl (C=O) groups is 3. The minimum absolute atomic E-state index is 0.00259. The topological polar surface area (TPSA) is 113 Å². The quantitative estimate of drug-likeness (QED) is 0.321. The van der Waals surface area contributed by atoms with Crippen LogP contribution >= 0.6 is 0 Å². The zero-order valence-corrected chi connectivity index (χ0v) is 18.1. The molecular weight excluding hydrogens is 438 g/mol. The van der Waals surface area contributed by atoms with Crippen LogP contribution in [0.2, 0.25) is 0 Å². The molecule has 0 saturated heterocycles. The number of nitro groups is 1. The van der Waals surface area contributed by atoms with Gasteiger partial charge in [0, 0.05) is 35.3 Å². The number of nitro benzene ring substituents is 1. The number of hydrogen-bond acceptors (Lipinski definition) is 7. The van der Waals surface area contributed by atoms with Gasteiger partial charge in [-0.15, -0.1) is 0 Å². The number of non-ortho nitro benzene ring substituents is 1. The van der Waals surface area contributed by atoms with Crippen molar-refractivity contribution in [1.29, 1.82) is 0 Å². The SMILES string of the molecule is CC1=C2C(=O)c3cc4ccccc4cc3C(=O)[C@@H]2C[C@H](C(=O)OCc2ccc([N+](=O)[O-])cc2)O1. The molecule has 1 heterocycles. The molecule has 3 aromatic rings. The fourth-order valence-electron chi connectivity index (χ4n) is 4.53. The van der Waals surface area contributed by atoms with Crippen LogP contribution in [0.25, 0.3) is 10.8 Å². The summed E-state index contributed by atoms with van der Waals surface area (Å²) < 4.78 is 11.1. The third-order valence-corrected chi connectivity index (χ3v) is 6.24. The van der Waals surface area contributed by atoms with E-state index in [1.54, 1.807) is 19.1 Å². The molecule has 34 heavy (non-hydrogen) atoms. The highest BCUT2D eigenvalue weighted by molar-refractivity contribution is 6.25. The van der Waals surface area contributed by atoms with Gasteiger partial charge in [0.2, 0.25) is 0 Å². The lowest BCUT2D eigenvalue weighted by atomic mass is 9.73. The Labute approximate surface area is 193 Å². The fourth-order valence-corrected chi connectivity index (χ4v) is 4.53. The van der Waals surface area contributed by atoms with Gasteiger partial charge in [-0.25, -0.2) is 4.79 Å². The highest BCUT2D eigenvalue weighted by Crippen LogP contribution is 2.40. The van der Waals surface area contributed by atoms with Crippen molar-refractivity contribution in [1.82, 2.24) is 0 Å². The van der Waals surface area contributed by atoms with Gasteiger partial charge in [-0.3, -0.25) is 19.7 Å². The van der Waals surface area contributed by atoms with Crippen LogP contribution in [0.5, 0.6) is 0 Å². The summed E-state index contributed by atoms with van der Waals surface area (Å²) in [7, 11) is 0. The Hall–Kier alpha value is -4.33. The average Bonchev–Trinajstić information content (AvgIpc) is 2.84. The molecule has 2 atom stereocenters. The van der Waals surface area contributed by atoms with Gasteiger partial charge in [0.1, 0.15) is 12.4 Å². The van der Waals surface area contributed by atoms with Crippen LogP contribution in [-0.2, 0) is 20.9 Å². The minimum atomic E-state index is -1.04. The van der Waals surface area contributed by atoms with E-state index in [-0.39, 0.29) is 41.6 Å². The van der Waals surface area contributed by atoms with Crippen LogP contribution in [0, 0.1) is 16.0 Å². The van der Waals surface area contributed by atoms with Crippen molar-refractivity contribution >= 4 is 34.0 Å². The Bertz CT molecular complexity index is 1400. The Kier molecular flexibility index (Phi) is 5.20. The van der Waals surface area contributed by atoms with Crippen molar-refractivity contribution in [2.75, 3.05) is 0 Å². The molecule has 2 aliphatic rings. The van der Waals surface area contributed by atoms with E-state index in [2.05, 4.69) is 0 Å². The van der Waals surface area contributed by atoms with E-state index in [0.717, 1.165) is 10.8 Å². The van der Waals surface area contributed by atoms with Gasteiger partial charge >= 0.3 is 5.97 Å². The molecule has 0 spiro atoms. The molecule has 8 nitrogen and oxygen atoms in total. The fraction of sp³-hybridized carbons (Fsp3) is 0.192. The first kappa shape index (κ1) is 21.5. The number of carbonyl (C=O) groups excluding carboxylic acids is 3. The Morgan fingerprint density at radius 2 is 1.71 bits per heavy atom. The van der Waals surface area contributed by atoms with Crippen molar-refractivity contribution < 1.29 is 28.8 Å². The van der Waals surface area contributed by atoms with Gasteiger partial charge in [0.05, 0.1) is 10.8 Å². The predicted octanol–water partition coefficient (Wildman–Crippen LogP) is 4.55. The summed E-state index contributed by atoms with van der Waals surface area (Å²) in [4.78, 5) is 49.6. The van der Waals surface area contributed by atoms with Crippen molar-refractivity contribution in [3.05, 3.63) is 98.8 Å². The van der Waals surface area contributed by atoms with Crippen LogP contribution < -0.4 is 0 Å². The molecule has 0 radical (unpaired) electrons. The number of hydrogen-bond donors (Lipinski definition) is 0. The number of esters is 1. The zero-order valence-electron chi connectivity index (χ0n) is 18.1. The summed E-state index contributed by atoms with van der Waals surface area (Å²) in [6.07, 6.45) is -1.03.